The van der Waals surface area contributed by atoms with Gasteiger partial charge in [0.25, 0.3) is 5.91 Å². The summed E-state index contributed by atoms with van der Waals surface area (Å²) in [6.07, 6.45) is 4.78. The second-order valence-electron chi connectivity index (χ2n) is 6.38. The van der Waals surface area contributed by atoms with Crippen LogP contribution in [0.4, 0.5) is 0 Å². The van der Waals surface area contributed by atoms with Crippen molar-refractivity contribution in [1.82, 2.24) is 19.7 Å². The Morgan fingerprint density at radius 2 is 1.74 bits per heavy atom. The molecule has 0 aliphatic carbocycles. The molecular weight excluding hydrogens is 348 g/mol. The molecule has 3 rings (SSSR count). The minimum absolute atomic E-state index is 0.0176. The first-order chi connectivity index (χ1) is 13.0. The van der Waals surface area contributed by atoms with Crippen LogP contribution in [-0.2, 0) is 16.1 Å². The fourth-order valence-corrected chi connectivity index (χ4v) is 2.97. The quantitative estimate of drug-likeness (QED) is 0.784. The topological polar surface area (TPSA) is 87.0 Å². The summed E-state index contributed by atoms with van der Waals surface area (Å²) in [5, 5.41) is 0. The van der Waals surface area contributed by atoms with Crippen LogP contribution in [-0.4, -0.2) is 70.1 Å². The summed E-state index contributed by atoms with van der Waals surface area (Å²) in [5.74, 6) is -0.152. The van der Waals surface area contributed by atoms with E-state index in [2.05, 4.69) is 4.98 Å². The summed E-state index contributed by atoms with van der Waals surface area (Å²) in [6, 6.07) is 6.94. The van der Waals surface area contributed by atoms with Crippen LogP contribution < -0.4 is 0 Å². The third kappa shape index (κ3) is 4.72. The van der Waals surface area contributed by atoms with E-state index in [0.29, 0.717) is 38.5 Å². The van der Waals surface area contributed by atoms with Crippen molar-refractivity contribution in [2.75, 3.05) is 32.7 Å². The maximum atomic E-state index is 12.6. The second-order valence-corrected chi connectivity index (χ2v) is 6.38. The molecule has 0 aromatic carbocycles. The number of rotatable bonds is 5. The molecule has 1 aliphatic rings. The van der Waals surface area contributed by atoms with Gasteiger partial charge in [-0.25, -0.2) is 0 Å². The molecule has 0 radical (unpaired) electrons. The third-order valence-electron chi connectivity index (χ3n) is 4.55. The van der Waals surface area contributed by atoms with Gasteiger partial charge in [0.1, 0.15) is 6.54 Å². The third-order valence-corrected chi connectivity index (χ3v) is 4.55. The first-order valence-corrected chi connectivity index (χ1v) is 8.79. The van der Waals surface area contributed by atoms with Gasteiger partial charge in [0.15, 0.2) is 5.76 Å². The fraction of sp³-hybridized carbons (Fsp3) is 0.368. The molecule has 0 unspecified atom stereocenters. The number of furan rings is 1. The van der Waals surface area contributed by atoms with Crippen LogP contribution in [0.1, 0.15) is 23.0 Å². The Hall–Kier alpha value is -3.16. The molecule has 1 fully saturated rings. The lowest BCUT2D eigenvalue weighted by molar-refractivity contribution is -0.140. The number of pyridine rings is 1. The lowest BCUT2D eigenvalue weighted by Crippen LogP contribution is -2.52. The maximum absolute atomic E-state index is 12.6. The smallest absolute Gasteiger partial charge is 0.289 e. The van der Waals surface area contributed by atoms with Crippen LogP contribution >= 0.6 is 0 Å². The zero-order valence-corrected chi connectivity index (χ0v) is 15.2. The van der Waals surface area contributed by atoms with Gasteiger partial charge in [0.2, 0.25) is 11.8 Å². The van der Waals surface area contributed by atoms with Crippen molar-refractivity contribution in [2.24, 2.45) is 0 Å². The number of nitrogens with zero attached hydrogens (tertiary/aromatic N) is 4. The van der Waals surface area contributed by atoms with E-state index in [-0.39, 0.29) is 24.3 Å². The Balaban J connectivity index is 1.53. The first-order valence-electron chi connectivity index (χ1n) is 8.79. The molecule has 3 heterocycles. The number of piperazine rings is 1. The molecule has 1 aliphatic heterocycles. The standard InChI is InChI=1S/C19H22N4O4/c1-15(24)23(13-16-4-6-20-7-5-16)14-18(25)21-8-10-22(11-9-21)19(26)17-3-2-12-27-17/h2-7,12H,8-11,13-14H2,1H3. The van der Waals surface area contributed by atoms with E-state index in [1.807, 2.05) is 12.1 Å². The number of carbonyl (C=O) groups is 3. The summed E-state index contributed by atoms with van der Waals surface area (Å²) in [5.41, 5.74) is 0.918. The Morgan fingerprint density at radius 3 is 2.33 bits per heavy atom. The van der Waals surface area contributed by atoms with Gasteiger partial charge in [-0.15, -0.1) is 0 Å². The summed E-state index contributed by atoms with van der Waals surface area (Å²) < 4.78 is 5.14. The van der Waals surface area contributed by atoms with Crippen molar-refractivity contribution in [3.63, 3.8) is 0 Å². The number of hydrogen-bond donors (Lipinski definition) is 0. The van der Waals surface area contributed by atoms with Crippen LogP contribution in [0.3, 0.4) is 0 Å². The molecule has 8 heteroatoms. The summed E-state index contributed by atoms with van der Waals surface area (Å²) in [7, 11) is 0. The SMILES string of the molecule is CC(=O)N(CC(=O)N1CCN(C(=O)c2ccco2)CC1)Cc1ccncc1. The van der Waals surface area contributed by atoms with Gasteiger partial charge in [0, 0.05) is 52.0 Å². The van der Waals surface area contributed by atoms with Crippen LogP contribution in [0.2, 0.25) is 0 Å². The highest BCUT2D eigenvalue weighted by Crippen LogP contribution is 2.11. The normalized spacial score (nSPS) is 14.1. The van der Waals surface area contributed by atoms with E-state index < -0.39 is 0 Å². The van der Waals surface area contributed by atoms with Gasteiger partial charge in [-0.05, 0) is 29.8 Å². The average molecular weight is 370 g/mol. The molecule has 2 aromatic rings. The molecule has 142 valence electrons. The molecule has 8 nitrogen and oxygen atoms in total. The first kappa shape index (κ1) is 18.6. The molecule has 2 aromatic heterocycles. The summed E-state index contributed by atoms with van der Waals surface area (Å²) in [6.45, 7) is 3.59. The molecule has 27 heavy (non-hydrogen) atoms. The number of aromatic nitrogens is 1. The van der Waals surface area contributed by atoms with Crippen LogP contribution in [0.15, 0.2) is 47.3 Å². The zero-order valence-electron chi connectivity index (χ0n) is 15.2. The summed E-state index contributed by atoms with van der Waals surface area (Å²) in [4.78, 5) is 45.6. The van der Waals surface area contributed by atoms with E-state index >= 15 is 0 Å². The zero-order chi connectivity index (χ0) is 19.2. The van der Waals surface area contributed by atoms with Crippen molar-refractivity contribution in [3.8, 4) is 0 Å². The van der Waals surface area contributed by atoms with Gasteiger partial charge in [-0.2, -0.15) is 0 Å². The molecule has 0 N–H and O–H groups in total. The fourth-order valence-electron chi connectivity index (χ4n) is 2.97. The number of amides is 3. The number of carbonyl (C=O) groups excluding carboxylic acids is 3. The molecule has 3 amide bonds. The van der Waals surface area contributed by atoms with Crippen LogP contribution in [0.25, 0.3) is 0 Å². The van der Waals surface area contributed by atoms with Gasteiger partial charge in [-0.3, -0.25) is 19.4 Å². The molecule has 0 spiro atoms. The monoisotopic (exact) mass is 370 g/mol. The van der Waals surface area contributed by atoms with E-state index in [0.717, 1.165) is 5.56 Å². The Bertz CT molecular complexity index is 783. The van der Waals surface area contributed by atoms with Gasteiger partial charge in [-0.1, -0.05) is 0 Å². The van der Waals surface area contributed by atoms with Crippen molar-refractivity contribution in [1.29, 1.82) is 0 Å². The van der Waals surface area contributed by atoms with Gasteiger partial charge < -0.3 is 19.1 Å². The predicted octanol–water partition coefficient (Wildman–Crippen LogP) is 1.01. The lowest BCUT2D eigenvalue weighted by atomic mass is 10.2. The van der Waals surface area contributed by atoms with E-state index in [1.165, 1.54) is 18.1 Å². The van der Waals surface area contributed by atoms with Crippen molar-refractivity contribution in [2.45, 2.75) is 13.5 Å². The molecule has 0 atom stereocenters. The highest BCUT2D eigenvalue weighted by atomic mass is 16.3. The second kappa shape index (κ2) is 8.48. The van der Waals surface area contributed by atoms with Crippen LogP contribution in [0, 0.1) is 0 Å². The molecule has 0 bridgehead atoms. The Morgan fingerprint density at radius 1 is 1.07 bits per heavy atom. The number of hydrogen-bond acceptors (Lipinski definition) is 5. The molecule has 0 saturated carbocycles. The van der Waals surface area contributed by atoms with E-state index in [1.54, 1.807) is 34.3 Å². The van der Waals surface area contributed by atoms with E-state index in [9.17, 15) is 14.4 Å². The Kier molecular flexibility index (Phi) is 5.85. The van der Waals surface area contributed by atoms with Crippen molar-refractivity contribution < 1.29 is 18.8 Å². The predicted molar refractivity (Wildman–Crippen MR) is 96.5 cm³/mol. The minimum Gasteiger partial charge on any atom is -0.459 e. The van der Waals surface area contributed by atoms with Gasteiger partial charge in [0.05, 0.1) is 6.26 Å². The summed E-state index contributed by atoms with van der Waals surface area (Å²) >= 11 is 0. The van der Waals surface area contributed by atoms with E-state index in [4.69, 9.17) is 4.42 Å². The lowest BCUT2D eigenvalue weighted by Gasteiger charge is -2.35. The average Bonchev–Trinajstić information content (AvgIpc) is 3.22. The van der Waals surface area contributed by atoms with Crippen LogP contribution in [0.5, 0.6) is 0 Å². The highest BCUT2D eigenvalue weighted by Gasteiger charge is 2.27. The highest BCUT2D eigenvalue weighted by molar-refractivity contribution is 5.91. The van der Waals surface area contributed by atoms with Gasteiger partial charge >= 0.3 is 0 Å². The minimum atomic E-state index is -0.171. The molecule has 1 saturated heterocycles. The molecular formula is C19H22N4O4. The maximum Gasteiger partial charge on any atom is 0.289 e. The van der Waals surface area contributed by atoms with Crippen molar-refractivity contribution >= 4 is 17.7 Å². The largest absolute Gasteiger partial charge is 0.459 e. The Labute approximate surface area is 157 Å². The van der Waals surface area contributed by atoms with Crippen molar-refractivity contribution in [3.05, 3.63) is 54.2 Å².